The van der Waals surface area contributed by atoms with Gasteiger partial charge in [-0.05, 0) is 64.7 Å². The predicted molar refractivity (Wildman–Crippen MR) is 95.2 cm³/mol. The van der Waals surface area contributed by atoms with Crippen molar-refractivity contribution in [2.24, 2.45) is 0 Å². The Morgan fingerprint density at radius 3 is 2.42 bits per heavy atom. The first-order valence-corrected chi connectivity index (χ1v) is 8.60. The first-order chi connectivity index (χ1) is 11.3. The molecule has 1 aliphatic carbocycles. The lowest BCUT2D eigenvalue weighted by molar-refractivity contribution is 0.0492. The summed E-state index contributed by atoms with van der Waals surface area (Å²) in [6.45, 7) is 5.57. The van der Waals surface area contributed by atoms with E-state index in [0.29, 0.717) is 16.6 Å². The van der Waals surface area contributed by atoms with Gasteiger partial charge >= 0.3 is 6.09 Å². The molecule has 5 nitrogen and oxygen atoms in total. The molecule has 24 heavy (non-hydrogen) atoms. The molecule has 0 saturated heterocycles. The maximum Gasteiger partial charge on any atom is 0.407 e. The van der Waals surface area contributed by atoms with E-state index in [-0.39, 0.29) is 12.1 Å². The third-order valence-corrected chi connectivity index (χ3v) is 4.22. The minimum Gasteiger partial charge on any atom is -0.444 e. The fourth-order valence-corrected chi connectivity index (χ4v) is 3.01. The monoisotopic (exact) mass is 349 g/mol. The van der Waals surface area contributed by atoms with Crippen LogP contribution in [0, 0.1) is 11.3 Å². The Morgan fingerprint density at radius 2 is 1.88 bits per heavy atom. The van der Waals surface area contributed by atoms with E-state index in [0.717, 1.165) is 31.4 Å². The van der Waals surface area contributed by atoms with Crippen LogP contribution in [0.3, 0.4) is 0 Å². The van der Waals surface area contributed by atoms with E-state index < -0.39 is 5.60 Å². The summed E-state index contributed by atoms with van der Waals surface area (Å²) in [5.74, 6) is 0. The van der Waals surface area contributed by atoms with E-state index in [2.05, 4.69) is 16.7 Å². The van der Waals surface area contributed by atoms with Crippen LogP contribution in [0.15, 0.2) is 18.2 Å². The molecule has 1 amide bonds. The average Bonchev–Trinajstić information content (AvgIpc) is 2.49. The maximum absolute atomic E-state index is 11.8. The van der Waals surface area contributed by atoms with E-state index in [1.165, 1.54) is 0 Å². The van der Waals surface area contributed by atoms with Crippen molar-refractivity contribution in [3.63, 3.8) is 0 Å². The molecule has 0 unspecified atom stereocenters. The number of anilines is 1. The lowest BCUT2D eigenvalue weighted by Gasteiger charge is -2.31. The second-order valence-electron chi connectivity index (χ2n) is 7.15. The molecule has 0 heterocycles. The summed E-state index contributed by atoms with van der Waals surface area (Å²) in [7, 11) is 0. The molecule has 2 rings (SSSR count). The number of alkyl carbamates (subject to hydrolysis) is 1. The van der Waals surface area contributed by atoms with Gasteiger partial charge in [0.05, 0.1) is 22.3 Å². The molecular formula is C18H24ClN3O2. The zero-order valence-electron chi connectivity index (χ0n) is 14.4. The van der Waals surface area contributed by atoms with Crippen molar-refractivity contribution in [1.82, 2.24) is 5.32 Å². The quantitative estimate of drug-likeness (QED) is 0.844. The fourth-order valence-electron chi connectivity index (χ4n) is 2.78. The van der Waals surface area contributed by atoms with Crippen LogP contribution in [0.1, 0.15) is 52.0 Å². The summed E-state index contributed by atoms with van der Waals surface area (Å²) in [5.41, 5.74) is 0.921. The van der Waals surface area contributed by atoms with Gasteiger partial charge in [-0.15, -0.1) is 0 Å². The third-order valence-electron chi connectivity index (χ3n) is 3.91. The van der Waals surface area contributed by atoms with Crippen LogP contribution in [0.5, 0.6) is 0 Å². The second kappa shape index (κ2) is 7.76. The van der Waals surface area contributed by atoms with Crippen molar-refractivity contribution < 1.29 is 9.53 Å². The highest BCUT2D eigenvalue weighted by Crippen LogP contribution is 2.27. The number of carbonyl (C=O) groups excluding carboxylic acids is 1. The molecule has 0 spiro atoms. The molecule has 1 fully saturated rings. The van der Waals surface area contributed by atoms with E-state index in [4.69, 9.17) is 21.6 Å². The van der Waals surface area contributed by atoms with Gasteiger partial charge in [-0.2, -0.15) is 5.26 Å². The number of amides is 1. The van der Waals surface area contributed by atoms with Crippen LogP contribution in [-0.2, 0) is 4.74 Å². The molecule has 130 valence electrons. The Kier molecular flexibility index (Phi) is 5.95. The largest absolute Gasteiger partial charge is 0.444 e. The summed E-state index contributed by atoms with van der Waals surface area (Å²) in [4.78, 5) is 11.8. The van der Waals surface area contributed by atoms with Gasteiger partial charge in [0.25, 0.3) is 0 Å². The first kappa shape index (κ1) is 18.4. The molecule has 0 aromatic heterocycles. The highest BCUT2D eigenvalue weighted by Gasteiger charge is 2.25. The van der Waals surface area contributed by atoms with Gasteiger partial charge in [-0.3, -0.25) is 0 Å². The van der Waals surface area contributed by atoms with E-state index in [1.54, 1.807) is 12.1 Å². The second-order valence-corrected chi connectivity index (χ2v) is 7.55. The Labute approximate surface area is 148 Å². The molecule has 2 N–H and O–H groups in total. The van der Waals surface area contributed by atoms with Crippen molar-refractivity contribution in [1.29, 1.82) is 5.26 Å². The molecule has 0 atom stereocenters. The summed E-state index contributed by atoms with van der Waals surface area (Å²) >= 11 is 6.20. The predicted octanol–water partition coefficient (Wildman–Crippen LogP) is 4.46. The van der Waals surface area contributed by atoms with E-state index in [9.17, 15) is 4.79 Å². The molecule has 0 radical (unpaired) electrons. The highest BCUT2D eigenvalue weighted by atomic mass is 35.5. The minimum absolute atomic E-state index is 0.148. The van der Waals surface area contributed by atoms with Crippen LogP contribution in [0.4, 0.5) is 10.5 Å². The number of hydrogen-bond donors (Lipinski definition) is 2. The molecule has 0 aliphatic heterocycles. The van der Waals surface area contributed by atoms with Gasteiger partial charge in [-0.1, -0.05) is 11.6 Å². The van der Waals surface area contributed by atoms with E-state index in [1.807, 2.05) is 26.8 Å². The zero-order valence-corrected chi connectivity index (χ0v) is 15.1. The lowest BCUT2D eigenvalue weighted by atomic mass is 9.91. The number of rotatable bonds is 3. The molecule has 0 bridgehead atoms. The van der Waals surface area contributed by atoms with Crippen LogP contribution < -0.4 is 10.6 Å². The Morgan fingerprint density at radius 1 is 1.25 bits per heavy atom. The normalized spacial score (nSPS) is 20.8. The van der Waals surface area contributed by atoms with E-state index >= 15 is 0 Å². The fraction of sp³-hybridized carbons (Fsp3) is 0.556. The maximum atomic E-state index is 11.8. The lowest BCUT2D eigenvalue weighted by Crippen LogP contribution is -2.42. The van der Waals surface area contributed by atoms with Crippen molar-refractivity contribution in [2.45, 2.75) is 64.1 Å². The first-order valence-electron chi connectivity index (χ1n) is 8.22. The Hall–Kier alpha value is -1.93. The molecular weight excluding hydrogens is 326 g/mol. The zero-order chi connectivity index (χ0) is 17.7. The number of halogens is 1. The van der Waals surface area contributed by atoms with Crippen LogP contribution in [0.2, 0.25) is 5.02 Å². The minimum atomic E-state index is -0.477. The highest BCUT2D eigenvalue weighted by molar-refractivity contribution is 6.33. The van der Waals surface area contributed by atoms with Gasteiger partial charge in [0, 0.05) is 12.1 Å². The number of nitrogens with one attached hydrogen (secondary N) is 2. The number of nitrogens with zero attached hydrogens (tertiary/aromatic N) is 1. The van der Waals surface area contributed by atoms with Gasteiger partial charge in [-0.25, -0.2) is 4.79 Å². The molecule has 1 aromatic rings. The third kappa shape index (κ3) is 5.61. The summed E-state index contributed by atoms with van der Waals surface area (Å²) in [6.07, 6.45) is 3.32. The SMILES string of the molecule is CC(C)(C)OC(=O)N[C@H]1CC[C@H](Nc2ccc(C#N)cc2Cl)CC1. The number of benzene rings is 1. The molecule has 1 aromatic carbocycles. The molecule has 1 saturated carbocycles. The summed E-state index contributed by atoms with van der Waals surface area (Å²) in [6, 6.07) is 7.79. The van der Waals surface area contributed by atoms with Crippen LogP contribution in [0.25, 0.3) is 0 Å². The average molecular weight is 350 g/mol. The molecule has 6 heteroatoms. The number of hydrogen-bond acceptors (Lipinski definition) is 4. The van der Waals surface area contributed by atoms with Crippen molar-refractivity contribution >= 4 is 23.4 Å². The van der Waals surface area contributed by atoms with Crippen molar-refractivity contribution in [2.75, 3.05) is 5.32 Å². The van der Waals surface area contributed by atoms with Crippen molar-refractivity contribution in [3.8, 4) is 6.07 Å². The van der Waals surface area contributed by atoms with Crippen LogP contribution in [-0.4, -0.2) is 23.8 Å². The summed E-state index contributed by atoms with van der Waals surface area (Å²) in [5, 5.41) is 15.8. The number of carbonyl (C=O) groups is 1. The number of nitriles is 1. The number of ether oxygens (including phenoxy) is 1. The summed E-state index contributed by atoms with van der Waals surface area (Å²) < 4.78 is 5.29. The van der Waals surface area contributed by atoms with Crippen LogP contribution >= 0.6 is 11.6 Å². The Balaban J connectivity index is 1.81. The van der Waals surface area contributed by atoms with Gasteiger partial charge < -0.3 is 15.4 Å². The molecule has 1 aliphatic rings. The smallest absolute Gasteiger partial charge is 0.407 e. The van der Waals surface area contributed by atoms with Gasteiger partial charge in [0.1, 0.15) is 5.60 Å². The topological polar surface area (TPSA) is 74.2 Å². The van der Waals surface area contributed by atoms with Crippen molar-refractivity contribution in [3.05, 3.63) is 28.8 Å². The standard InChI is InChI=1S/C18H24ClN3O2/c1-18(2,3)24-17(23)22-14-7-5-13(6-8-14)21-16-9-4-12(11-20)10-15(16)19/h4,9-10,13-14,21H,5-8H2,1-3H3,(H,22,23)/t13-,14-. The van der Waals surface area contributed by atoms with Gasteiger partial charge in [0.15, 0.2) is 0 Å². The van der Waals surface area contributed by atoms with Gasteiger partial charge in [0.2, 0.25) is 0 Å². The Bertz CT molecular complexity index is 626.